The smallest absolute Gasteiger partial charge is 0.133 e. The molecule has 1 saturated heterocycles. The number of hydrogen-bond donors (Lipinski definition) is 0. The highest BCUT2D eigenvalue weighted by molar-refractivity contribution is 6.88. The van der Waals surface area contributed by atoms with Crippen molar-refractivity contribution in [2.24, 2.45) is 0 Å². The predicted octanol–water partition coefficient (Wildman–Crippen LogP) is 4.74. The van der Waals surface area contributed by atoms with E-state index in [0.29, 0.717) is 0 Å². The molecule has 1 fully saturated rings. The minimum atomic E-state index is -1.47. The summed E-state index contributed by atoms with van der Waals surface area (Å²) in [6.45, 7) is 8.76. The van der Waals surface area contributed by atoms with E-state index in [0.717, 1.165) is 5.76 Å². The van der Waals surface area contributed by atoms with Crippen LogP contribution in [0.4, 0.5) is 0 Å². The largest absolute Gasteiger partial charge is 0.466 e. The Morgan fingerprint density at radius 3 is 2.43 bits per heavy atom. The van der Waals surface area contributed by atoms with Crippen molar-refractivity contribution in [2.75, 3.05) is 19.6 Å². The van der Waals surface area contributed by atoms with Gasteiger partial charge in [0.15, 0.2) is 0 Å². The third-order valence-corrected chi connectivity index (χ3v) is 8.26. The Hall–Kier alpha value is -1.32. The van der Waals surface area contributed by atoms with E-state index in [9.17, 15) is 0 Å². The van der Waals surface area contributed by atoms with E-state index in [1.165, 1.54) is 62.3 Å². The average molecular weight is 328 g/mol. The molecular weight excluding hydrogens is 298 g/mol. The molecule has 2 aromatic rings. The minimum absolute atomic E-state index is 1.01. The molecule has 0 bridgehead atoms. The van der Waals surface area contributed by atoms with Gasteiger partial charge in [-0.1, -0.05) is 49.8 Å². The summed E-state index contributed by atoms with van der Waals surface area (Å²) in [6, 6.07) is 16.1. The monoisotopic (exact) mass is 327 g/mol. The lowest BCUT2D eigenvalue weighted by atomic mass is 10.1. The maximum atomic E-state index is 6.23. The number of benzene rings is 1. The van der Waals surface area contributed by atoms with Gasteiger partial charge in [0.05, 0.1) is 5.38 Å². The van der Waals surface area contributed by atoms with Crippen molar-refractivity contribution in [3.05, 3.63) is 42.5 Å². The number of piperidine rings is 1. The van der Waals surface area contributed by atoms with Crippen LogP contribution in [0.15, 0.2) is 46.9 Å². The van der Waals surface area contributed by atoms with Crippen LogP contribution < -0.4 is 5.38 Å². The number of rotatable bonds is 6. The van der Waals surface area contributed by atoms with E-state index < -0.39 is 8.07 Å². The summed E-state index contributed by atoms with van der Waals surface area (Å²) in [4.78, 5) is 2.64. The molecular formula is C20H29NOSi. The third kappa shape index (κ3) is 4.36. The normalized spacial score (nSPS) is 16.6. The summed E-state index contributed by atoms with van der Waals surface area (Å²) in [6.07, 6.45) is 5.50. The molecule has 124 valence electrons. The Labute approximate surface area is 141 Å². The molecule has 23 heavy (non-hydrogen) atoms. The third-order valence-electron chi connectivity index (χ3n) is 5.06. The van der Waals surface area contributed by atoms with Crippen molar-refractivity contribution in [1.29, 1.82) is 0 Å². The first-order valence-electron chi connectivity index (χ1n) is 9.03. The second kappa shape index (κ2) is 7.50. The van der Waals surface area contributed by atoms with Gasteiger partial charge in [0.25, 0.3) is 0 Å². The van der Waals surface area contributed by atoms with Crippen LogP contribution in [0.2, 0.25) is 19.1 Å². The van der Waals surface area contributed by atoms with E-state index in [-0.39, 0.29) is 0 Å². The van der Waals surface area contributed by atoms with Crippen molar-refractivity contribution in [1.82, 2.24) is 4.90 Å². The standard InChI is InChI=1S/C20H29NOSi/c1-23(2,17-9-16-21-14-7-4-8-15-21)20-13-12-19(22-20)18-10-5-3-6-11-18/h3,5-6,10-13H,4,7-9,14-17H2,1-2H3. The van der Waals surface area contributed by atoms with Crippen LogP contribution in [0.1, 0.15) is 25.7 Å². The molecule has 0 saturated carbocycles. The van der Waals surface area contributed by atoms with Gasteiger partial charge in [-0.3, -0.25) is 0 Å². The van der Waals surface area contributed by atoms with E-state index in [1.54, 1.807) is 0 Å². The van der Waals surface area contributed by atoms with Crippen LogP contribution in [-0.4, -0.2) is 32.6 Å². The van der Waals surface area contributed by atoms with Crippen molar-refractivity contribution < 1.29 is 4.42 Å². The Balaban J connectivity index is 1.57. The van der Waals surface area contributed by atoms with Gasteiger partial charge in [0.2, 0.25) is 0 Å². The number of nitrogens with zero attached hydrogens (tertiary/aromatic N) is 1. The highest BCUT2D eigenvalue weighted by Gasteiger charge is 2.27. The first-order chi connectivity index (χ1) is 11.1. The molecule has 0 amide bonds. The maximum Gasteiger partial charge on any atom is 0.133 e. The number of furan rings is 1. The van der Waals surface area contributed by atoms with E-state index in [2.05, 4.69) is 54.4 Å². The van der Waals surface area contributed by atoms with Gasteiger partial charge in [-0.2, -0.15) is 0 Å². The summed E-state index contributed by atoms with van der Waals surface area (Å²) in [7, 11) is -1.47. The Bertz CT molecular complexity index is 599. The van der Waals surface area contributed by atoms with Crippen LogP contribution in [-0.2, 0) is 0 Å². The van der Waals surface area contributed by atoms with Gasteiger partial charge in [0.1, 0.15) is 13.8 Å². The summed E-state index contributed by atoms with van der Waals surface area (Å²) in [5.41, 5.74) is 1.18. The number of hydrogen-bond acceptors (Lipinski definition) is 2. The Kier molecular flexibility index (Phi) is 5.39. The summed E-state index contributed by atoms with van der Waals surface area (Å²) < 4.78 is 6.23. The van der Waals surface area contributed by atoms with Crippen molar-refractivity contribution in [3.63, 3.8) is 0 Å². The van der Waals surface area contributed by atoms with Gasteiger partial charge < -0.3 is 9.32 Å². The Morgan fingerprint density at radius 1 is 0.957 bits per heavy atom. The van der Waals surface area contributed by atoms with Crippen molar-refractivity contribution in [2.45, 2.75) is 44.8 Å². The fourth-order valence-corrected chi connectivity index (χ4v) is 5.72. The zero-order chi connectivity index (χ0) is 16.1. The Morgan fingerprint density at radius 2 is 1.70 bits per heavy atom. The van der Waals surface area contributed by atoms with Gasteiger partial charge in [-0.15, -0.1) is 0 Å². The number of likely N-dealkylation sites (tertiary alicyclic amines) is 1. The quantitative estimate of drug-likeness (QED) is 0.713. The molecule has 2 nitrogen and oxygen atoms in total. The lowest BCUT2D eigenvalue weighted by molar-refractivity contribution is 0.229. The molecule has 3 rings (SSSR count). The molecule has 1 aromatic heterocycles. The lowest BCUT2D eigenvalue weighted by Crippen LogP contribution is -2.41. The SMILES string of the molecule is C[Si](C)(CCCN1CCCCC1)c1ccc(-c2ccccc2)o1. The topological polar surface area (TPSA) is 16.4 Å². The van der Waals surface area contributed by atoms with Crippen LogP contribution in [0.5, 0.6) is 0 Å². The molecule has 0 unspecified atom stereocenters. The van der Waals surface area contributed by atoms with Gasteiger partial charge in [-0.05, 0) is 57.1 Å². The summed E-state index contributed by atoms with van der Waals surface area (Å²) in [5, 5.41) is 1.25. The fraction of sp³-hybridized carbons (Fsp3) is 0.500. The highest BCUT2D eigenvalue weighted by Crippen LogP contribution is 2.22. The zero-order valence-corrected chi connectivity index (χ0v) is 15.6. The lowest BCUT2D eigenvalue weighted by Gasteiger charge is -2.27. The second-order valence-electron chi connectivity index (χ2n) is 7.42. The highest BCUT2D eigenvalue weighted by atomic mass is 28.3. The van der Waals surface area contributed by atoms with Crippen molar-refractivity contribution in [3.8, 4) is 11.3 Å². The average Bonchev–Trinajstić information content (AvgIpc) is 3.07. The van der Waals surface area contributed by atoms with E-state index in [4.69, 9.17) is 4.42 Å². The first-order valence-corrected chi connectivity index (χ1v) is 12.2. The molecule has 0 radical (unpaired) electrons. The molecule has 0 N–H and O–H groups in total. The van der Waals surface area contributed by atoms with Gasteiger partial charge in [-0.25, -0.2) is 0 Å². The molecule has 0 spiro atoms. The molecule has 3 heteroatoms. The van der Waals surface area contributed by atoms with Crippen LogP contribution in [0.3, 0.4) is 0 Å². The molecule has 0 aliphatic carbocycles. The van der Waals surface area contributed by atoms with Gasteiger partial charge in [0, 0.05) is 5.56 Å². The fourth-order valence-electron chi connectivity index (χ4n) is 3.51. The maximum absolute atomic E-state index is 6.23. The molecule has 1 aliphatic heterocycles. The molecule has 0 atom stereocenters. The van der Waals surface area contributed by atoms with Crippen LogP contribution in [0, 0.1) is 0 Å². The van der Waals surface area contributed by atoms with Crippen molar-refractivity contribution >= 4 is 13.5 Å². The van der Waals surface area contributed by atoms with Gasteiger partial charge >= 0.3 is 0 Å². The van der Waals surface area contributed by atoms with Crippen LogP contribution in [0.25, 0.3) is 11.3 Å². The summed E-state index contributed by atoms with van der Waals surface area (Å²) in [5.74, 6) is 1.01. The second-order valence-corrected chi connectivity index (χ2v) is 12.2. The van der Waals surface area contributed by atoms with Crippen LogP contribution >= 0.6 is 0 Å². The van der Waals surface area contributed by atoms with E-state index >= 15 is 0 Å². The molecule has 1 aromatic carbocycles. The molecule has 2 heterocycles. The first kappa shape index (κ1) is 16.5. The predicted molar refractivity (Wildman–Crippen MR) is 101 cm³/mol. The minimum Gasteiger partial charge on any atom is -0.466 e. The summed E-state index contributed by atoms with van der Waals surface area (Å²) >= 11 is 0. The zero-order valence-electron chi connectivity index (χ0n) is 14.6. The van der Waals surface area contributed by atoms with E-state index in [1.807, 2.05) is 6.07 Å². The molecule has 1 aliphatic rings.